The van der Waals surface area contributed by atoms with Gasteiger partial charge in [0.25, 0.3) is 0 Å². The molecule has 1 atom stereocenters. The van der Waals surface area contributed by atoms with Gasteiger partial charge in [-0.25, -0.2) is 0 Å². The van der Waals surface area contributed by atoms with Crippen LogP contribution in [-0.2, 0) is 6.54 Å². The fraction of sp³-hybridized carbons (Fsp3) is 0.294. The van der Waals surface area contributed by atoms with Crippen LogP contribution in [-0.4, -0.2) is 9.43 Å². The maximum absolute atomic E-state index is 9.24. The maximum Gasteiger partial charge on any atom is 0.0865 e. The minimum Gasteiger partial charge on any atom is -0.343 e. The number of nitrogens with zero attached hydrogens (tertiary/aromatic N) is 2. The summed E-state index contributed by atoms with van der Waals surface area (Å²) in [6.45, 7) is 3.03. The first kappa shape index (κ1) is 13.1. The molecule has 0 aliphatic carbocycles. The second-order valence-corrected chi connectivity index (χ2v) is 5.73. The molecule has 0 bridgehead atoms. The van der Waals surface area contributed by atoms with Crippen LogP contribution in [0.15, 0.2) is 36.4 Å². The molecule has 1 aliphatic heterocycles. The van der Waals surface area contributed by atoms with Crippen LogP contribution in [0.1, 0.15) is 41.3 Å². The van der Waals surface area contributed by atoms with Crippen molar-refractivity contribution in [2.45, 2.75) is 32.2 Å². The van der Waals surface area contributed by atoms with Crippen LogP contribution in [0.3, 0.4) is 0 Å². The summed E-state index contributed by atoms with van der Waals surface area (Å²) in [6, 6.07) is 14.8. The standard InChI is InChI=1S/C17H16N2S/c1-12-4-2-5-13(10-12)17(20)16-8-7-15-14(11-18)6-3-9-19(15)16/h2,4-5,7-8,10,14H,3,6,9H2,1H3. The molecule has 0 amide bonds. The van der Waals surface area contributed by atoms with Crippen molar-refractivity contribution in [2.75, 3.05) is 0 Å². The molecule has 0 radical (unpaired) electrons. The zero-order valence-electron chi connectivity index (χ0n) is 11.5. The summed E-state index contributed by atoms with van der Waals surface area (Å²) in [7, 11) is 0. The quantitative estimate of drug-likeness (QED) is 0.615. The van der Waals surface area contributed by atoms with Crippen molar-refractivity contribution in [2.24, 2.45) is 0 Å². The number of thiocarbonyl (C=S) groups is 1. The number of hydrogen-bond acceptors (Lipinski definition) is 2. The molecule has 3 rings (SSSR count). The molecule has 3 heteroatoms. The summed E-state index contributed by atoms with van der Waals surface area (Å²) in [6.07, 6.45) is 2.00. The first-order valence-corrected chi connectivity index (χ1v) is 7.32. The Balaban J connectivity index is 2.02. The van der Waals surface area contributed by atoms with Gasteiger partial charge in [0.15, 0.2) is 0 Å². The van der Waals surface area contributed by atoms with Gasteiger partial charge in [-0.15, -0.1) is 0 Å². The Morgan fingerprint density at radius 1 is 1.35 bits per heavy atom. The molecular formula is C17H16N2S. The molecule has 20 heavy (non-hydrogen) atoms. The van der Waals surface area contributed by atoms with Crippen molar-refractivity contribution >= 4 is 17.1 Å². The summed E-state index contributed by atoms with van der Waals surface area (Å²) in [5, 5.41) is 9.24. The van der Waals surface area contributed by atoms with Crippen molar-refractivity contribution in [3.8, 4) is 6.07 Å². The van der Waals surface area contributed by atoms with Gasteiger partial charge in [0.05, 0.1) is 22.5 Å². The van der Waals surface area contributed by atoms with Crippen LogP contribution in [0.5, 0.6) is 0 Å². The molecule has 2 aromatic rings. The SMILES string of the molecule is Cc1cccc(C(=S)c2ccc3n2CCCC3C#N)c1. The fourth-order valence-corrected chi connectivity index (χ4v) is 3.21. The molecular weight excluding hydrogens is 264 g/mol. The lowest BCUT2D eigenvalue weighted by Crippen LogP contribution is -2.18. The number of rotatable bonds is 2. The van der Waals surface area contributed by atoms with Crippen LogP contribution in [0, 0.1) is 18.3 Å². The summed E-state index contributed by atoms with van der Waals surface area (Å²) in [5.41, 5.74) is 4.48. The highest BCUT2D eigenvalue weighted by molar-refractivity contribution is 7.81. The van der Waals surface area contributed by atoms with Crippen molar-refractivity contribution in [3.05, 3.63) is 58.9 Å². The molecule has 1 aromatic carbocycles. The number of aryl methyl sites for hydroxylation is 1. The van der Waals surface area contributed by atoms with E-state index in [1.165, 1.54) is 5.56 Å². The summed E-state index contributed by atoms with van der Waals surface area (Å²) < 4.78 is 2.22. The number of fused-ring (bicyclic) bond motifs is 1. The van der Waals surface area contributed by atoms with E-state index >= 15 is 0 Å². The Bertz CT molecular complexity index is 706. The summed E-state index contributed by atoms with van der Waals surface area (Å²) >= 11 is 5.66. The van der Waals surface area contributed by atoms with Crippen LogP contribution >= 0.6 is 12.2 Å². The smallest absolute Gasteiger partial charge is 0.0865 e. The van der Waals surface area contributed by atoms with E-state index in [9.17, 15) is 5.26 Å². The third-order valence-corrected chi connectivity index (χ3v) is 4.36. The lowest BCUT2D eigenvalue weighted by Gasteiger charge is -2.22. The average molecular weight is 280 g/mol. The zero-order chi connectivity index (χ0) is 14.1. The van der Waals surface area contributed by atoms with Crippen molar-refractivity contribution in [3.63, 3.8) is 0 Å². The average Bonchev–Trinajstić information content (AvgIpc) is 2.90. The van der Waals surface area contributed by atoms with Gasteiger partial charge in [-0.1, -0.05) is 42.0 Å². The van der Waals surface area contributed by atoms with Gasteiger partial charge in [-0.05, 0) is 37.5 Å². The number of benzene rings is 1. The van der Waals surface area contributed by atoms with Gasteiger partial charge < -0.3 is 4.57 Å². The van der Waals surface area contributed by atoms with E-state index in [0.717, 1.165) is 41.2 Å². The van der Waals surface area contributed by atoms with E-state index in [-0.39, 0.29) is 5.92 Å². The molecule has 1 aromatic heterocycles. The fourth-order valence-electron chi connectivity index (χ4n) is 2.90. The van der Waals surface area contributed by atoms with Gasteiger partial charge in [-0.3, -0.25) is 0 Å². The number of nitriles is 1. The topological polar surface area (TPSA) is 28.7 Å². The Morgan fingerprint density at radius 3 is 2.95 bits per heavy atom. The van der Waals surface area contributed by atoms with E-state index in [0.29, 0.717) is 0 Å². The highest BCUT2D eigenvalue weighted by atomic mass is 32.1. The molecule has 1 aliphatic rings. The monoisotopic (exact) mass is 280 g/mol. The van der Waals surface area contributed by atoms with Gasteiger partial charge in [0.2, 0.25) is 0 Å². The Hall–Kier alpha value is -1.92. The van der Waals surface area contributed by atoms with Gasteiger partial charge in [0, 0.05) is 12.2 Å². The molecule has 0 saturated carbocycles. The van der Waals surface area contributed by atoms with Crippen LogP contribution in [0.25, 0.3) is 0 Å². The van der Waals surface area contributed by atoms with Crippen LogP contribution < -0.4 is 0 Å². The second kappa shape index (κ2) is 5.22. The molecule has 100 valence electrons. The van der Waals surface area contributed by atoms with Crippen molar-refractivity contribution in [1.29, 1.82) is 5.26 Å². The van der Waals surface area contributed by atoms with E-state index in [1.54, 1.807) is 0 Å². The normalized spacial score (nSPS) is 17.3. The minimum atomic E-state index is 0.0119. The Labute approximate surface area is 124 Å². The number of aromatic nitrogens is 1. The lowest BCUT2D eigenvalue weighted by atomic mass is 9.98. The largest absolute Gasteiger partial charge is 0.343 e. The van der Waals surface area contributed by atoms with Gasteiger partial charge in [-0.2, -0.15) is 5.26 Å². The minimum absolute atomic E-state index is 0.0119. The third-order valence-electron chi connectivity index (χ3n) is 3.91. The predicted molar refractivity (Wildman–Crippen MR) is 84.0 cm³/mol. The van der Waals surface area contributed by atoms with E-state index in [2.05, 4.69) is 47.9 Å². The highest BCUT2D eigenvalue weighted by Crippen LogP contribution is 2.30. The highest BCUT2D eigenvalue weighted by Gasteiger charge is 2.23. The molecule has 0 N–H and O–H groups in total. The second-order valence-electron chi connectivity index (χ2n) is 5.32. The van der Waals surface area contributed by atoms with Crippen LogP contribution in [0.2, 0.25) is 0 Å². The first-order valence-electron chi connectivity index (χ1n) is 6.91. The Kier molecular flexibility index (Phi) is 3.42. The summed E-state index contributed by atoms with van der Waals surface area (Å²) in [5.74, 6) is 0.0119. The third kappa shape index (κ3) is 2.17. The predicted octanol–water partition coefficient (Wildman–Crippen LogP) is 3.96. The molecule has 2 nitrogen and oxygen atoms in total. The van der Waals surface area contributed by atoms with Crippen LogP contribution in [0.4, 0.5) is 0 Å². The maximum atomic E-state index is 9.24. The number of hydrogen-bond donors (Lipinski definition) is 0. The van der Waals surface area contributed by atoms with Gasteiger partial charge in [0.1, 0.15) is 0 Å². The van der Waals surface area contributed by atoms with E-state index < -0.39 is 0 Å². The molecule has 0 spiro atoms. The van der Waals surface area contributed by atoms with Crippen molar-refractivity contribution in [1.82, 2.24) is 4.57 Å². The molecule has 2 heterocycles. The summed E-state index contributed by atoms with van der Waals surface area (Å²) in [4.78, 5) is 0.874. The molecule has 1 unspecified atom stereocenters. The first-order chi connectivity index (χ1) is 9.70. The van der Waals surface area contributed by atoms with Crippen molar-refractivity contribution < 1.29 is 0 Å². The van der Waals surface area contributed by atoms with E-state index in [4.69, 9.17) is 12.2 Å². The lowest BCUT2D eigenvalue weighted by molar-refractivity contribution is 0.502. The zero-order valence-corrected chi connectivity index (χ0v) is 12.3. The van der Waals surface area contributed by atoms with E-state index in [1.807, 2.05) is 6.07 Å². The molecule has 0 fully saturated rings. The Morgan fingerprint density at radius 2 is 2.20 bits per heavy atom. The molecule has 0 saturated heterocycles. The van der Waals surface area contributed by atoms with Gasteiger partial charge >= 0.3 is 0 Å².